The van der Waals surface area contributed by atoms with Crippen LogP contribution in [0.15, 0.2) is 47.2 Å². The summed E-state index contributed by atoms with van der Waals surface area (Å²) in [5, 5.41) is 2.85. The Morgan fingerprint density at radius 1 is 1.26 bits per heavy atom. The Labute approximate surface area is 135 Å². The second kappa shape index (κ2) is 6.12. The fourth-order valence-electron chi connectivity index (χ4n) is 2.62. The average molecular weight is 309 g/mol. The summed E-state index contributed by atoms with van der Waals surface area (Å²) in [6.07, 6.45) is 3.34. The van der Waals surface area contributed by atoms with Crippen LogP contribution in [0.5, 0.6) is 0 Å². The number of rotatable bonds is 4. The molecule has 1 N–H and O–H groups in total. The maximum absolute atomic E-state index is 12.5. The van der Waals surface area contributed by atoms with E-state index in [2.05, 4.69) is 14.9 Å². The molecule has 0 aliphatic rings. The second-order valence-corrected chi connectivity index (χ2v) is 5.62. The normalized spacial score (nSPS) is 10.7. The van der Waals surface area contributed by atoms with Gasteiger partial charge in [-0.15, -0.1) is 0 Å². The molecular weight excluding hydrogens is 290 g/mol. The van der Waals surface area contributed by atoms with Crippen LogP contribution < -0.4 is 5.32 Å². The van der Waals surface area contributed by atoms with Gasteiger partial charge in [-0.3, -0.25) is 4.79 Å². The Morgan fingerprint density at radius 3 is 2.78 bits per heavy atom. The Morgan fingerprint density at radius 2 is 2.09 bits per heavy atom. The lowest BCUT2D eigenvalue weighted by molar-refractivity contribution is 0.102. The number of amides is 1. The molecule has 23 heavy (non-hydrogen) atoms. The molecule has 0 aliphatic heterocycles. The van der Waals surface area contributed by atoms with Gasteiger partial charge in [-0.25, -0.2) is 4.98 Å². The van der Waals surface area contributed by atoms with Crippen LogP contribution >= 0.6 is 0 Å². The van der Waals surface area contributed by atoms with Crippen molar-refractivity contribution in [2.75, 3.05) is 5.32 Å². The molecule has 0 radical (unpaired) electrons. The summed E-state index contributed by atoms with van der Waals surface area (Å²) >= 11 is 0. The number of nitrogens with one attached hydrogen (secondary N) is 1. The predicted octanol–water partition coefficient (Wildman–Crippen LogP) is 3.70. The maximum atomic E-state index is 12.5. The van der Waals surface area contributed by atoms with Gasteiger partial charge in [0.2, 0.25) is 0 Å². The molecule has 3 rings (SSSR count). The van der Waals surface area contributed by atoms with Gasteiger partial charge >= 0.3 is 0 Å². The molecule has 3 heterocycles. The quantitative estimate of drug-likeness (QED) is 0.799. The molecular formula is C18H19N3O2. The summed E-state index contributed by atoms with van der Waals surface area (Å²) in [7, 11) is 0. The van der Waals surface area contributed by atoms with E-state index in [1.807, 2.05) is 51.1 Å². The van der Waals surface area contributed by atoms with Crippen molar-refractivity contribution in [1.29, 1.82) is 0 Å². The number of pyridine rings is 1. The van der Waals surface area contributed by atoms with Gasteiger partial charge in [0.05, 0.1) is 18.4 Å². The average Bonchev–Trinajstić information content (AvgIpc) is 3.11. The van der Waals surface area contributed by atoms with Crippen molar-refractivity contribution in [2.24, 2.45) is 0 Å². The van der Waals surface area contributed by atoms with Crippen molar-refractivity contribution in [1.82, 2.24) is 9.55 Å². The first-order valence-electron chi connectivity index (χ1n) is 7.47. The highest BCUT2D eigenvalue weighted by molar-refractivity contribution is 6.04. The minimum Gasteiger partial charge on any atom is -0.467 e. The maximum Gasteiger partial charge on any atom is 0.258 e. The lowest BCUT2D eigenvalue weighted by Crippen LogP contribution is -2.14. The molecule has 0 aromatic carbocycles. The first-order valence-corrected chi connectivity index (χ1v) is 7.47. The molecule has 118 valence electrons. The van der Waals surface area contributed by atoms with E-state index in [9.17, 15) is 4.79 Å². The SMILES string of the molecule is Cc1ccnc(NC(=O)c2cc(C)n(Cc3ccco3)c2C)c1. The highest BCUT2D eigenvalue weighted by atomic mass is 16.3. The van der Waals surface area contributed by atoms with Crippen LogP contribution in [0.1, 0.15) is 33.1 Å². The fourth-order valence-corrected chi connectivity index (χ4v) is 2.62. The number of nitrogens with zero attached hydrogens (tertiary/aromatic N) is 2. The molecule has 0 spiro atoms. The van der Waals surface area contributed by atoms with Crippen molar-refractivity contribution in [3.63, 3.8) is 0 Å². The number of carbonyl (C=O) groups is 1. The van der Waals surface area contributed by atoms with E-state index in [0.717, 1.165) is 22.7 Å². The minimum atomic E-state index is -0.151. The standard InChI is InChI=1S/C18H19N3O2/c1-12-6-7-19-17(9-12)20-18(22)16-10-13(2)21(14(16)3)11-15-5-4-8-23-15/h4-10H,11H2,1-3H3,(H,19,20,22). The van der Waals surface area contributed by atoms with Crippen molar-refractivity contribution < 1.29 is 9.21 Å². The zero-order valence-corrected chi connectivity index (χ0v) is 13.5. The van der Waals surface area contributed by atoms with Crippen LogP contribution in [-0.4, -0.2) is 15.5 Å². The van der Waals surface area contributed by atoms with Crippen LogP contribution in [0.3, 0.4) is 0 Å². The molecule has 0 saturated heterocycles. The molecule has 0 bridgehead atoms. The monoisotopic (exact) mass is 309 g/mol. The zero-order chi connectivity index (χ0) is 16.4. The van der Waals surface area contributed by atoms with Crippen molar-refractivity contribution in [3.05, 3.63) is 71.1 Å². The van der Waals surface area contributed by atoms with Gasteiger partial charge in [-0.2, -0.15) is 0 Å². The van der Waals surface area contributed by atoms with Crippen LogP contribution in [0.25, 0.3) is 0 Å². The molecule has 0 saturated carbocycles. The van der Waals surface area contributed by atoms with Gasteiger partial charge in [0.1, 0.15) is 11.6 Å². The van der Waals surface area contributed by atoms with Gasteiger partial charge in [0.25, 0.3) is 5.91 Å². The Kier molecular flexibility index (Phi) is 4.02. The molecule has 5 heteroatoms. The number of hydrogen-bond acceptors (Lipinski definition) is 3. The largest absolute Gasteiger partial charge is 0.467 e. The summed E-state index contributed by atoms with van der Waals surface area (Å²) in [5.41, 5.74) is 3.63. The summed E-state index contributed by atoms with van der Waals surface area (Å²) in [6.45, 7) is 6.50. The summed E-state index contributed by atoms with van der Waals surface area (Å²) in [6, 6.07) is 9.42. The third kappa shape index (κ3) is 3.18. The molecule has 0 atom stereocenters. The van der Waals surface area contributed by atoms with Crippen LogP contribution in [0.2, 0.25) is 0 Å². The molecule has 1 amide bonds. The second-order valence-electron chi connectivity index (χ2n) is 5.62. The zero-order valence-electron chi connectivity index (χ0n) is 13.5. The number of aryl methyl sites for hydroxylation is 2. The van der Waals surface area contributed by atoms with Gasteiger partial charge < -0.3 is 14.3 Å². The molecule has 0 aliphatic carbocycles. The third-order valence-corrected chi connectivity index (χ3v) is 3.87. The van der Waals surface area contributed by atoms with E-state index in [1.54, 1.807) is 12.5 Å². The fraction of sp³-hybridized carbons (Fsp3) is 0.222. The van der Waals surface area contributed by atoms with E-state index in [0.29, 0.717) is 17.9 Å². The summed E-state index contributed by atoms with van der Waals surface area (Å²) in [5.74, 6) is 1.27. The molecule has 0 unspecified atom stereocenters. The van der Waals surface area contributed by atoms with Gasteiger partial charge in [-0.05, 0) is 56.7 Å². The van der Waals surface area contributed by atoms with Crippen LogP contribution in [0.4, 0.5) is 5.82 Å². The van der Waals surface area contributed by atoms with Gasteiger partial charge in [0, 0.05) is 17.6 Å². The van der Waals surface area contributed by atoms with E-state index in [-0.39, 0.29) is 5.91 Å². The minimum absolute atomic E-state index is 0.151. The molecule has 0 fully saturated rings. The molecule has 3 aromatic heterocycles. The topological polar surface area (TPSA) is 60.1 Å². The van der Waals surface area contributed by atoms with Crippen LogP contribution in [0, 0.1) is 20.8 Å². The van der Waals surface area contributed by atoms with E-state index >= 15 is 0 Å². The van der Waals surface area contributed by atoms with Gasteiger partial charge in [-0.1, -0.05) is 0 Å². The smallest absolute Gasteiger partial charge is 0.258 e. The van der Waals surface area contributed by atoms with Crippen molar-refractivity contribution in [3.8, 4) is 0 Å². The first kappa shape index (κ1) is 15.1. The van der Waals surface area contributed by atoms with E-state index < -0.39 is 0 Å². The van der Waals surface area contributed by atoms with E-state index in [1.165, 1.54) is 0 Å². The van der Waals surface area contributed by atoms with Gasteiger partial charge in [0.15, 0.2) is 0 Å². The highest BCUT2D eigenvalue weighted by Crippen LogP contribution is 2.19. The van der Waals surface area contributed by atoms with Crippen molar-refractivity contribution >= 4 is 11.7 Å². The lowest BCUT2D eigenvalue weighted by atomic mass is 10.2. The van der Waals surface area contributed by atoms with Crippen molar-refractivity contribution in [2.45, 2.75) is 27.3 Å². The number of aromatic nitrogens is 2. The summed E-state index contributed by atoms with van der Waals surface area (Å²) in [4.78, 5) is 16.7. The summed E-state index contributed by atoms with van der Waals surface area (Å²) < 4.78 is 7.46. The number of carbonyl (C=O) groups excluding carboxylic acids is 1. The molecule has 5 nitrogen and oxygen atoms in total. The predicted molar refractivity (Wildman–Crippen MR) is 88.6 cm³/mol. The third-order valence-electron chi connectivity index (χ3n) is 3.87. The Balaban J connectivity index is 1.84. The Bertz CT molecular complexity index is 832. The van der Waals surface area contributed by atoms with E-state index in [4.69, 9.17) is 4.42 Å². The first-order chi connectivity index (χ1) is 11.0. The van der Waals surface area contributed by atoms with Crippen LogP contribution in [-0.2, 0) is 6.54 Å². The number of furan rings is 1. The Hall–Kier alpha value is -2.82. The highest BCUT2D eigenvalue weighted by Gasteiger charge is 2.17. The number of anilines is 1. The number of hydrogen-bond donors (Lipinski definition) is 1. The molecule has 3 aromatic rings. The lowest BCUT2D eigenvalue weighted by Gasteiger charge is -2.08.